The van der Waals surface area contributed by atoms with Crippen LogP contribution in [0.4, 0.5) is 8.78 Å². The maximum absolute atomic E-state index is 13.5. The molecule has 0 saturated heterocycles. The van der Waals surface area contributed by atoms with Gasteiger partial charge in [0.1, 0.15) is 11.6 Å². The summed E-state index contributed by atoms with van der Waals surface area (Å²) in [5.41, 5.74) is 1.12. The van der Waals surface area contributed by atoms with Crippen LogP contribution in [0, 0.1) is 11.6 Å². The number of pyridine rings is 1. The molecule has 2 aromatic rings. The SMILES string of the molecule is Fc1ccc(F)c(C(Cl)Cc2ccncc2)c1. The molecule has 17 heavy (non-hydrogen) atoms. The summed E-state index contributed by atoms with van der Waals surface area (Å²) >= 11 is 6.09. The Balaban J connectivity index is 2.20. The van der Waals surface area contributed by atoms with Crippen molar-refractivity contribution in [2.75, 3.05) is 0 Å². The van der Waals surface area contributed by atoms with Gasteiger partial charge in [-0.1, -0.05) is 0 Å². The third-order valence-electron chi connectivity index (χ3n) is 2.46. The summed E-state index contributed by atoms with van der Waals surface area (Å²) in [5.74, 6) is -0.970. The van der Waals surface area contributed by atoms with Gasteiger partial charge in [-0.3, -0.25) is 4.98 Å². The molecule has 4 heteroatoms. The number of benzene rings is 1. The molecule has 0 radical (unpaired) electrons. The zero-order valence-electron chi connectivity index (χ0n) is 8.91. The minimum atomic E-state index is -0.590. The molecule has 0 aliphatic heterocycles. The topological polar surface area (TPSA) is 12.9 Å². The Morgan fingerprint density at radius 3 is 2.53 bits per heavy atom. The number of rotatable bonds is 3. The third-order valence-corrected chi connectivity index (χ3v) is 2.85. The lowest BCUT2D eigenvalue weighted by molar-refractivity contribution is 0.582. The van der Waals surface area contributed by atoms with Gasteiger partial charge in [-0.15, -0.1) is 11.6 Å². The number of hydrogen-bond donors (Lipinski definition) is 0. The molecule has 0 saturated carbocycles. The van der Waals surface area contributed by atoms with E-state index in [4.69, 9.17) is 11.6 Å². The first-order valence-corrected chi connectivity index (χ1v) is 5.58. The van der Waals surface area contributed by atoms with E-state index in [-0.39, 0.29) is 5.56 Å². The fourth-order valence-corrected chi connectivity index (χ4v) is 1.94. The Bertz CT molecular complexity index is 502. The number of alkyl halides is 1. The highest BCUT2D eigenvalue weighted by atomic mass is 35.5. The Morgan fingerprint density at radius 2 is 1.82 bits per heavy atom. The van der Waals surface area contributed by atoms with E-state index in [1.165, 1.54) is 0 Å². The van der Waals surface area contributed by atoms with E-state index in [0.29, 0.717) is 6.42 Å². The molecule has 2 rings (SSSR count). The highest BCUT2D eigenvalue weighted by Gasteiger charge is 2.14. The largest absolute Gasteiger partial charge is 0.265 e. The van der Waals surface area contributed by atoms with Gasteiger partial charge in [0.05, 0.1) is 5.38 Å². The second-order valence-corrected chi connectivity index (χ2v) is 4.22. The first-order valence-electron chi connectivity index (χ1n) is 5.15. The van der Waals surface area contributed by atoms with Crippen LogP contribution in [0.5, 0.6) is 0 Å². The van der Waals surface area contributed by atoms with Crippen molar-refractivity contribution >= 4 is 11.6 Å². The molecular weight excluding hydrogens is 244 g/mol. The van der Waals surface area contributed by atoms with Crippen molar-refractivity contribution in [3.63, 3.8) is 0 Å². The minimum absolute atomic E-state index is 0.184. The summed E-state index contributed by atoms with van der Waals surface area (Å²) in [6, 6.07) is 6.90. The van der Waals surface area contributed by atoms with Gasteiger partial charge in [0.25, 0.3) is 0 Å². The van der Waals surface area contributed by atoms with Gasteiger partial charge in [-0.25, -0.2) is 8.78 Å². The Morgan fingerprint density at radius 1 is 1.12 bits per heavy atom. The Kier molecular flexibility index (Phi) is 3.69. The molecule has 0 N–H and O–H groups in total. The van der Waals surface area contributed by atoms with E-state index in [2.05, 4.69) is 4.98 Å². The van der Waals surface area contributed by atoms with Crippen molar-refractivity contribution in [1.82, 2.24) is 4.98 Å². The minimum Gasteiger partial charge on any atom is -0.265 e. The lowest BCUT2D eigenvalue weighted by Crippen LogP contribution is -2.00. The summed E-state index contributed by atoms with van der Waals surface area (Å²) in [6.45, 7) is 0. The first kappa shape index (κ1) is 12.0. The zero-order chi connectivity index (χ0) is 12.3. The van der Waals surface area contributed by atoms with Crippen molar-refractivity contribution in [3.8, 4) is 0 Å². The van der Waals surface area contributed by atoms with Gasteiger partial charge in [0.2, 0.25) is 0 Å². The van der Waals surface area contributed by atoms with Crippen molar-refractivity contribution < 1.29 is 8.78 Å². The van der Waals surface area contributed by atoms with Crippen LogP contribution < -0.4 is 0 Å². The number of hydrogen-bond acceptors (Lipinski definition) is 1. The predicted octanol–water partition coefficient (Wildman–Crippen LogP) is 3.88. The fourth-order valence-electron chi connectivity index (χ4n) is 1.59. The molecule has 0 aliphatic rings. The normalized spacial score (nSPS) is 12.4. The molecule has 0 fully saturated rings. The highest BCUT2D eigenvalue weighted by Crippen LogP contribution is 2.27. The van der Waals surface area contributed by atoms with E-state index in [1.807, 2.05) is 0 Å². The average molecular weight is 254 g/mol. The van der Waals surface area contributed by atoms with Crippen LogP contribution in [0.3, 0.4) is 0 Å². The number of aromatic nitrogens is 1. The van der Waals surface area contributed by atoms with E-state index >= 15 is 0 Å². The van der Waals surface area contributed by atoms with Crippen LogP contribution in [-0.2, 0) is 6.42 Å². The summed E-state index contributed by atoms with van der Waals surface area (Å²) in [6.07, 6.45) is 3.71. The maximum atomic E-state index is 13.5. The van der Waals surface area contributed by atoms with Crippen molar-refractivity contribution in [1.29, 1.82) is 0 Å². The second kappa shape index (κ2) is 5.23. The van der Waals surface area contributed by atoms with Gasteiger partial charge in [0, 0.05) is 18.0 Å². The lowest BCUT2D eigenvalue weighted by atomic mass is 10.0. The maximum Gasteiger partial charge on any atom is 0.128 e. The molecule has 88 valence electrons. The van der Waals surface area contributed by atoms with Gasteiger partial charge < -0.3 is 0 Å². The van der Waals surface area contributed by atoms with Crippen molar-refractivity contribution in [2.45, 2.75) is 11.8 Å². The van der Waals surface area contributed by atoms with Crippen LogP contribution in [0.25, 0.3) is 0 Å². The molecule has 0 bridgehead atoms. The molecule has 1 nitrogen and oxygen atoms in total. The second-order valence-electron chi connectivity index (χ2n) is 3.69. The summed E-state index contributed by atoms with van der Waals surface area (Å²) in [5, 5.41) is -0.590. The van der Waals surface area contributed by atoms with E-state index in [9.17, 15) is 8.78 Å². The fraction of sp³-hybridized carbons (Fsp3) is 0.154. The molecule has 0 aliphatic carbocycles. The predicted molar refractivity (Wildman–Crippen MR) is 62.9 cm³/mol. The standard InChI is InChI=1S/C13H10ClF2N/c14-12(7-9-3-5-17-6-4-9)11-8-10(15)1-2-13(11)16/h1-6,8,12H,7H2. The molecule has 1 aromatic carbocycles. The van der Waals surface area contributed by atoms with Crippen LogP contribution in [-0.4, -0.2) is 4.98 Å². The van der Waals surface area contributed by atoms with Crippen molar-refractivity contribution in [2.24, 2.45) is 0 Å². The van der Waals surface area contributed by atoms with E-state index < -0.39 is 17.0 Å². The van der Waals surface area contributed by atoms with Gasteiger partial charge >= 0.3 is 0 Å². The summed E-state index contributed by atoms with van der Waals surface area (Å²) in [4.78, 5) is 3.88. The Labute approximate surface area is 103 Å². The van der Waals surface area contributed by atoms with E-state index in [1.54, 1.807) is 24.5 Å². The monoisotopic (exact) mass is 253 g/mol. The van der Waals surface area contributed by atoms with Gasteiger partial charge in [-0.05, 0) is 42.3 Å². The molecule has 0 amide bonds. The average Bonchev–Trinajstić information content (AvgIpc) is 2.33. The lowest BCUT2D eigenvalue weighted by Gasteiger charge is -2.10. The van der Waals surface area contributed by atoms with Crippen LogP contribution in [0.15, 0.2) is 42.7 Å². The molecule has 1 aromatic heterocycles. The number of nitrogens with zero attached hydrogens (tertiary/aromatic N) is 1. The van der Waals surface area contributed by atoms with Gasteiger partial charge in [-0.2, -0.15) is 0 Å². The van der Waals surface area contributed by atoms with Crippen molar-refractivity contribution in [3.05, 3.63) is 65.5 Å². The van der Waals surface area contributed by atoms with Crippen LogP contribution in [0.1, 0.15) is 16.5 Å². The smallest absolute Gasteiger partial charge is 0.128 e. The molecule has 0 spiro atoms. The summed E-state index contributed by atoms with van der Waals surface area (Å²) < 4.78 is 26.5. The summed E-state index contributed by atoms with van der Waals surface area (Å²) in [7, 11) is 0. The van der Waals surface area contributed by atoms with Crippen LogP contribution in [0.2, 0.25) is 0 Å². The van der Waals surface area contributed by atoms with Gasteiger partial charge in [0.15, 0.2) is 0 Å². The quantitative estimate of drug-likeness (QED) is 0.757. The molecule has 1 atom stereocenters. The highest BCUT2D eigenvalue weighted by molar-refractivity contribution is 6.20. The zero-order valence-corrected chi connectivity index (χ0v) is 9.66. The first-order chi connectivity index (χ1) is 8.16. The molecule has 1 unspecified atom stereocenters. The third kappa shape index (κ3) is 3.01. The molecule has 1 heterocycles. The number of halogens is 3. The van der Waals surface area contributed by atoms with Crippen LogP contribution >= 0.6 is 11.6 Å². The molecular formula is C13H10ClF2N. The Hall–Kier alpha value is -1.48. The van der Waals surface area contributed by atoms with E-state index in [0.717, 1.165) is 23.8 Å².